The molecule has 0 aromatic heterocycles. The molecule has 2 aromatic carbocycles. The molecule has 0 aliphatic rings. The molecule has 0 amide bonds. The van der Waals surface area contributed by atoms with Crippen molar-refractivity contribution in [2.45, 2.75) is 5.92 Å². The molecule has 0 heterocycles. The van der Waals surface area contributed by atoms with Gasteiger partial charge in [0.15, 0.2) is 0 Å². The molecular formula is C15H16KNS2. The molecular weight excluding hydrogens is 297 g/mol. The monoisotopic (exact) mass is 313 g/mol. The van der Waals surface area contributed by atoms with Gasteiger partial charge in [0, 0.05) is 11.7 Å². The number of thioether (sulfide) groups is 1. The Morgan fingerprint density at radius 1 is 1.00 bits per heavy atom. The van der Waals surface area contributed by atoms with Gasteiger partial charge in [-0.2, -0.15) is 0 Å². The summed E-state index contributed by atoms with van der Waals surface area (Å²) < 4.78 is 0.506. The molecule has 2 N–H and O–H groups in total. The van der Waals surface area contributed by atoms with Crippen molar-refractivity contribution in [1.82, 2.24) is 0 Å². The largest absolute Gasteiger partial charge is 1.00 e. The average Bonchev–Trinajstić information content (AvgIpc) is 2.41. The summed E-state index contributed by atoms with van der Waals surface area (Å²) in [4.78, 5) is 0. The topological polar surface area (TPSA) is 26.0 Å². The maximum absolute atomic E-state index is 5.59. The minimum Gasteiger partial charge on any atom is -1.00 e. The van der Waals surface area contributed by atoms with E-state index in [4.69, 9.17) is 18.0 Å². The molecule has 0 fully saturated rings. The number of nitrogens with two attached hydrogens (primary N) is 1. The molecule has 4 heteroatoms. The third kappa shape index (κ3) is 5.67. The van der Waals surface area contributed by atoms with E-state index in [2.05, 4.69) is 48.5 Å². The predicted octanol–water partition coefficient (Wildman–Crippen LogP) is 0.912. The van der Waals surface area contributed by atoms with Crippen LogP contribution >= 0.6 is 24.0 Å². The SMILES string of the molecule is NC(=S)SCC(c1ccccc1)c1ccccc1.[H-].[K+]. The molecule has 94 valence electrons. The zero-order valence-electron chi connectivity index (χ0n) is 12.0. The molecule has 0 radical (unpaired) electrons. The molecule has 0 spiro atoms. The van der Waals surface area contributed by atoms with Gasteiger partial charge < -0.3 is 7.16 Å². The minimum absolute atomic E-state index is 0. The summed E-state index contributed by atoms with van der Waals surface area (Å²) in [6.45, 7) is 0. The zero-order valence-corrected chi connectivity index (χ0v) is 15.7. The van der Waals surface area contributed by atoms with Crippen molar-refractivity contribution in [3.63, 3.8) is 0 Å². The van der Waals surface area contributed by atoms with Crippen LogP contribution in [0.3, 0.4) is 0 Å². The van der Waals surface area contributed by atoms with E-state index in [-0.39, 0.29) is 52.8 Å². The van der Waals surface area contributed by atoms with Crippen LogP contribution in [0.4, 0.5) is 0 Å². The molecule has 0 atom stereocenters. The van der Waals surface area contributed by atoms with Crippen LogP contribution in [0.1, 0.15) is 18.5 Å². The van der Waals surface area contributed by atoms with E-state index < -0.39 is 0 Å². The second-order valence-electron chi connectivity index (χ2n) is 4.00. The second-order valence-corrected chi connectivity index (χ2v) is 5.76. The van der Waals surface area contributed by atoms with Crippen molar-refractivity contribution in [3.05, 3.63) is 71.8 Å². The van der Waals surface area contributed by atoms with E-state index in [1.165, 1.54) is 22.9 Å². The summed E-state index contributed by atoms with van der Waals surface area (Å²) in [5.41, 5.74) is 8.19. The van der Waals surface area contributed by atoms with Crippen molar-refractivity contribution in [2.24, 2.45) is 5.73 Å². The fraction of sp³-hybridized carbons (Fsp3) is 0.133. The Morgan fingerprint density at radius 3 is 1.79 bits per heavy atom. The third-order valence-corrected chi connectivity index (χ3v) is 3.93. The Balaban J connectivity index is 0.00000180. The van der Waals surface area contributed by atoms with Gasteiger partial charge in [0.2, 0.25) is 0 Å². The van der Waals surface area contributed by atoms with E-state index in [9.17, 15) is 0 Å². The maximum atomic E-state index is 5.59. The van der Waals surface area contributed by atoms with Crippen molar-refractivity contribution in [2.75, 3.05) is 5.75 Å². The van der Waals surface area contributed by atoms with Crippen LogP contribution in [0.2, 0.25) is 0 Å². The standard InChI is InChI=1S/C15H15NS2.K.H/c16-15(17)18-11-14(12-7-3-1-4-8-12)13-9-5-2-6-10-13;;/h1-10,14H,11H2,(H2,16,17);;/q;+1;-1. The van der Waals surface area contributed by atoms with Crippen LogP contribution in [-0.2, 0) is 0 Å². The Kier molecular flexibility index (Phi) is 8.49. The molecule has 2 rings (SSSR count). The van der Waals surface area contributed by atoms with Crippen LogP contribution in [-0.4, -0.2) is 10.1 Å². The van der Waals surface area contributed by atoms with Gasteiger partial charge in [0.1, 0.15) is 4.32 Å². The Labute approximate surface area is 168 Å². The van der Waals surface area contributed by atoms with Crippen LogP contribution in [0, 0.1) is 0 Å². The van der Waals surface area contributed by atoms with Crippen LogP contribution < -0.4 is 57.1 Å². The van der Waals surface area contributed by atoms with Gasteiger partial charge in [0.05, 0.1) is 0 Å². The van der Waals surface area contributed by atoms with E-state index in [0.717, 1.165) is 5.75 Å². The smallest absolute Gasteiger partial charge is 1.00 e. The number of thiocarbonyl (C=S) groups is 1. The van der Waals surface area contributed by atoms with Crippen LogP contribution in [0.5, 0.6) is 0 Å². The van der Waals surface area contributed by atoms with E-state index in [1.807, 2.05) is 12.1 Å². The number of rotatable bonds is 4. The first-order valence-electron chi connectivity index (χ1n) is 5.79. The Morgan fingerprint density at radius 2 is 1.42 bits per heavy atom. The first-order valence-corrected chi connectivity index (χ1v) is 7.19. The number of hydrogen-bond donors (Lipinski definition) is 1. The maximum Gasteiger partial charge on any atom is 1.00 e. The zero-order chi connectivity index (χ0) is 12.8. The Hall–Kier alpha value is 0.316. The van der Waals surface area contributed by atoms with Crippen molar-refractivity contribution in [3.8, 4) is 0 Å². The van der Waals surface area contributed by atoms with Crippen molar-refractivity contribution < 1.29 is 52.8 Å². The molecule has 0 aliphatic heterocycles. The molecule has 0 aliphatic carbocycles. The van der Waals surface area contributed by atoms with Crippen LogP contribution in [0.25, 0.3) is 0 Å². The predicted molar refractivity (Wildman–Crippen MR) is 85.1 cm³/mol. The van der Waals surface area contributed by atoms with E-state index >= 15 is 0 Å². The van der Waals surface area contributed by atoms with Gasteiger partial charge in [-0.15, -0.1) is 0 Å². The Bertz CT molecular complexity index is 468. The van der Waals surface area contributed by atoms with E-state index in [1.54, 1.807) is 0 Å². The summed E-state index contributed by atoms with van der Waals surface area (Å²) in [6.07, 6.45) is 0. The van der Waals surface area contributed by atoms with Crippen molar-refractivity contribution in [1.29, 1.82) is 0 Å². The van der Waals surface area contributed by atoms with E-state index in [0.29, 0.717) is 10.2 Å². The first kappa shape index (κ1) is 17.4. The molecule has 0 saturated carbocycles. The minimum atomic E-state index is 0. The number of benzene rings is 2. The van der Waals surface area contributed by atoms with Gasteiger partial charge in [-0.25, -0.2) is 0 Å². The summed E-state index contributed by atoms with van der Waals surface area (Å²) in [5.74, 6) is 1.21. The normalized spacial score (nSPS) is 9.95. The third-order valence-electron chi connectivity index (χ3n) is 2.80. The quantitative estimate of drug-likeness (QED) is 0.671. The number of hydrogen-bond acceptors (Lipinski definition) is 2. The molecule has 0 saturated heterocycles. The summed E-state index contributed by atoms with van der Waals surface area (Å²) in [5, 5.41) is 0. The van der Waals surface area contributed by atoms with Gasteiger partial charge in [0.25, 0.3) is 0 Å². The first-order chi connectivity index (χ1) is 8.77. The molecule has 2 aromatic rings. The fourth-order valence-corrected chi connectivity index (χ4v) is 2.84. The fourth-order valence-electron chi connectivity index (χ4n) is 1.92. The van der Waals surface area contributed by atoms with Crippen LogP contribution in [0.15, 0.2) is 60.7 Å². The molecule has 0 bridgehead atoms. The summed E-state index contributed by atoms with van der Waals surface area (Å²) in [6, 6.07) is 20.9. The summed E-state index contributed by atoms with van der Waals surface area (Å²) in [7, 11) is 0. The second kappa shape index (κ2) is 9.29. The molecule has 0 unspecified atom stereocenters. The van der Waals surface area contributed by atoms with Gasteiger partial charge in [-0.3, -0.25) is 0 Å². The molecule has 1 nitrogen and oxygen atoms in total. The summed E-state index contributed by atoms with van der Waals surface area (Å²) >= 11 is 6.49. The van der Waals surface area contributed by atoms with Crippen molar-refractivity contribution >= 4 is 28.3 Å². The van der Waals surface area contributed by atoms with Gasteiger partial charge in [-0.1, -0.05) is 84.6 Å². The average molecular weight is 314 g/mol. The molecule has 19 heavy (non-hydrogen) atoms. The van der Waals surface area contributed by atoms with Gasteiger partial charge >= 0.3 is 51.4 Å². The van der Waals surface area contributed by atoms with Gasteiger partial charge in [-0.05, 0) is 11.1 Å².